The number of hydrogen-bond acceptors (Lipinski definition) is 7. The van der Waals surface area contributed by atoms with E-state index in [2.05, 4.69) is 10.3 Å². The molecule has 0 bridgehead atoms. The molecule has 0 spiro atoms. The molecule has 2 amide bonds. The van der Waals surface area contributed by atoms with Crippen molar-refractivity contribution in [2.24, 2.45) is 0 Å². The van der Waals surface area contributed by atoms with E-state index in [4.69, 9.17) is 18.9 Å². The molecule has 3 heterocycles. The highest BCUT2D eigenvalue weighted by Gasteiger charge is 2.23. The summed E-state index contributed by atoms with van der Waals surface area (Å²) in [6, 6.07) is 3.80. The molecule has 2 aliphatic rings. The average molecular weight is 393 g/mol. The number of nitrogens with one attached hydrogen (secondary N) is 1. The summed E-state index contributed by atoms with van der Waals surface area (Å²) in [6.45, 7) is 4.73. The van der Waals surface area contributed by atoms with Gasteiger partial charge in [0.25, 0.3) is 0 Å². The normalized spacial score (nSPS) is 19.1. The topological polar surface area (TPSA) is 82.2 Å². The molecule has 2 aromatic rings. The molecule has 9 heteroatoms. The second kappa shape index (κ2) is 8.39. The molecule has 2 aliphatic heterocycles. The fraction of sp³-hybridized carbons (Fsp3) is 0.556. The zero-order chi connectivity index (χ0) is 18.6. The Morgan fingerprint density at radius 2 is 1.93 bits per heavy atom. The van der Waals surface area contributed by atoms with E-state index in [1.807, 2.05) is 12.1 Å². The first kappa shape index (κ1) is 18.4. The van der Waals surface area contributed by atoms with Gasteiger partial charge in [0.05, 0.1) is 51.5 Å². The van der Waals surface area contributed by atoms with Crippen molar-refractivity contribution < 1.29 is 23.7 Å². The predicted molar refractivity (Wildman–Crippen MR) is 102 cm³/mol. The molecular weight excluding hydrogens is 370 g/mol. The third-order valence-electron chi connectivity index (χ3n) is 4.72. The maximum Gasteiger partial charge on any atom is 0.323 e. The third kappa shape index (κ3) is 4.01. The number of methoxy groups -OCH3 is 1. The molecule has 2 fully saturated rings. The molecule has 0 aliphatic carbocycles. The number of benzene rings is 1. The molecule has 1 N–H and O–H groups in total. The predicted octanol–water partition coefficient (Wildman–Crippen LogP) is 2.30. The number of hydrogen-bond donors (Lipinski definition) is 1. The van der Waals surface area contributed by atoms with Gasteiger partial charge in [-0.3, -0.25) is 5.32 Å². The van der Waals surface area contributed by atoms with Crippen LogP contribution in [0.1, 0.15) is 11.5 Å². The Kier molecular flexibility index (Phi) is 5.72. The Hall–Kier alpha value is -1.94. The van der Waals surface area contributed by atoms with E-state index in [1.54, 1.807) is 12.0 Å². The van der Waals surface area contributed by atoms with Gasteiger partial charge >= 0.3 is 6.03 Å². The molecule has 1 aromatic heterocycles. The molecule has 27 heavy (non-hydrogen) atoms. The van der Waals surface area contributed by atoms with Crippen LogP contribution in [0.25, 0.3) is 10.2 Å². The van der Waals surface area contributed by atoms with Gasteiger partial charge in [0.1, 0.15) is 11.3 Å². The summed E-state index contributed by atoms with van der Waals surface area (Å²) in [6.07, 6.45) is 0. The number of morpholine rings is 1. The Balaban J connectivity index is 1.62. The van der Waals surface area contributed by atoms with E-state index in [-0.39, 0.29) is 11.9 Å². The minimum absolute atomic E-state index is 0.129. The van der Waals surface area contributed by atoms with Gasteiger partial charge in [-0.15, -0.1) is 0 Å². The molecular formula is C18H23N3O5S. The van der Waals surface area contributed by atoms with Crippen LogP contribution in [0.3, 0.4) is 0 Å². The van der Waals surface area contributed by atoms with E-state index in [9.17, 15) is 4.79 Å². The quantitative estimate of drug-likeness (QED) is 0.862. The summed E-state index contributed by atoms with van der Waals surface area (Å²) in [5, 5.41) is 3.47. The fourth-order valence-electron chi connectivity index (χ4n) is 3.28. The van der Waals surface area contributed by atoms with E-state index < -0.39 is 0 Å². The number of anilines is 1. The zero-order valence-corrected chi connectivity index (χ0v) is 16.0. The molecule has 0 atom stereocenters. The van der Waals surface area contributed by atoms with Gasteiger partial charge in [-0.25, -0.2) is 9.78 Å². The van der Waals surface area contributed by atoms with Crippen molar-refractivity contribution in [3.8, 4) is 5.75 Å². The lowest BCUT2D eigenvalue weighted by atomic mass is 10.0. The summed E-state index contributed by atoms with van der Waals surface area (Å²) in [5.74, 6) is 0.816. The molecule has 0 unspecified atom stereocenters. The van der Waals surface area contributed by atoms with Gasteiger partial charge < -0.3 is 23.8 Å². The van der Waals surface area contributed by atoms with Crippen LogP contribution in [0.5, 0.6) is 5.75 Å². The summed E-state index contributed by atoms with van der Waals surface area (Å²) in [4.78, 5) is 18.8. The smallest absolute Gasteiger partial charge is 0.323 e. The number of ether oxygens (including phenoxy) is 4. The van der Waals surface area contributed by atoms with Crippen LogP contribution >= 0.6 is 11.3 Å². The highest BCUT2D eigenvalue weighted by atomic mass is 32.1. The van der Waals surface area contributed by atoms with Gasteiger partial charge in [0.2, 0.25) is 0 Å². The molecule has 4 rings (SSSR count). The number of urea groups is 1. The van der Waals surface area contributed by atoms with Crippen LogP contribution in [0.2, 0.25) is 0 Å². The standard InChI is InChI=1S/C18H23N3O5S/c1-23-14-3-2-13(12-10-25-8-9-26-11-12)16-15(14)19-17(27-16)20-18(22)21-4-6-24-7-5-21/h2-3,12H,4-11H2,1H3,(H,19,20,22). The lowest BCUT2D eigenvalue weighted by Crippen LogP contribution is -2.43. The highest BCUT2D eigenvalue weighted by molar-refractivity contribution is 7.22. The molecule has 146 valence electrons. The van der Waals surface area contributed by atoms with Gasteiger partial charge in [-0.05, 0) is 11.6 Å². The zero-order valence-electron chi connectivity index (χ0n) is 15.2. The van der Waals surface area contributed by atoms with Crippen LogP contribution in [-0.2, 0) is 14.2 Å². The van der Waals surface area contributed by atoms with Crippen molar-refractivity contribution in [1.29, 1.82) is 0 Å². The molecule has 1 aromatic carbocycles. The lowest BCUT2D eigenvalue weighted by molar-refractivity contribution is 0.0564. The van der Waals surface area contributed by atoms with Crippen LogP contribution in [0, 0.1) is 0 Å². The van der Waals surface area contributed by atoms with Gasteiger partial charge in [-0.2, -0.15) is 0 Å². The number of nitrogens with zero attached hydrogens (tertiary/aromatic N) is 2. The number of aromatic nitrogens is 1. The second-order valence-electron chi connectivity index (χ2n) is 6.43. The van der Waals surface area contributed by atoms with E-state index in [0.29, 0.717) is 63.6 Å². The summed E-state index contributed by atoms with van der Waals surface area (Å²) >= 11 is 1.45. The van der Waals surface area contributed by atoms with Crippen LogP contribution in [0.15, 0.2) is 12.1 Å². The Morgan fingerprint density at radius 3 is 2.63 bits per heavy atom. The molecule has 0 radical (unpaired) electrons. The van der Waals surface area contributed by atoms with Gasteiger partial charge in [0, 0.05) is 19.0 Å². The van der Waals surface area contributed by atoms with Crippen molar-refractivity contribution in [2.45, 2.75) is 5.92 Å². The summed E-state index contributed by atoms with van der Waals surface area (Å²) in [5.41, 5.74) is 1.86. The molecule has 0 saturated carbocycles. The SMILES string of the molecule is COc1ccc(C2COCCOC2)c2sc(NC(=O)N3CCOCC3)nc12. The Bertz CT molecular complexity index is 798. The van der Waals surface area contributed by atoms with Crippen LogP contribution < -0.4 is 10.1 Å². The number of carbonyl (C=O) groups excluding carboxylic acids is 1. The van der Waals surface area contributed by atoms with Crippen molar-refractivity contribution in [2.75, 3.05) is 65.2 Å². The van der Waals surface area contributed by atoms with Crippen LogP contribution in [-0.4, -0.2) is 75.8 Å². The monoisotopic (exact) mass is 393 g/mol. The van der Waals surface area contributed by atoms with E-state index in [0.717, 1.165) is 15.8 Å². The number of fused-ring (bicyclic) bond motifs is 1. The first-order chi connectivity index (χ1) is 13.3. The lowest BCUT2D eigenvalue weighted by Gasteiger charge is -2.26. The average Bonchev–Trinajstić information content (AvgIpc) is 2.94. The molecule has 2 saturated heterocycles. The number of amides is 2. The largest absolute Gasteiger partial charge is 0.494 e. The Morgan fingerprint density at radius 1 is 1.19 bits per heavy atom. The molecule has 8 nitrogen and oxygen atoms in total. The first-order valence-electron chi connectivity index (χ1n) is 9.03. The minimum atomic E-state index is -0.154. The first-order valence-corrected chi connectivity index (χ1v) is 9.84. The summed E-state index contributed by atoms with van der Waals surface area (Å²) < 4.78 is 23.1. The maximum atomic E-state index is 12.5. The van der Waals surface area contributed by atoms with Gasteiger partial charge in [-0.1, -0.05) is 17.4 Å². The fourth-order valence-corrected chi connectivity index (χ4v) is 4.34. The van der Waals surface area contributed by atoms with E-state index >= 15 is 0 Å². The van der Waals surface area contributed by atoms with Crippen molar-refractivity contribution in [3.05, 3.63) is 17.7 Å². The van der Waals surface area contributed by atoms with Crippen molar-refractivity contribution in [3.63, 3.8) is 0 Å². The number of thiazole rings is 1. The second-order valence-corrected chi connectivity index (χ2v) is 7.43. The summed E-state index contributed by atoms with van der Waals surface area (Å²) in [7, 11) is 1.62. The number of rotatable bonds is 3. The maximum absolute atomic E-state index is 12.5. The van der Waals surface area contributed by atoms with Crippen molar-refractivity contribution in [1.82, 2.24) is 9.88 Å². The Labute approximate surface area is 161 Å². The van der Waals surface area contributed by atoms with Gasteiger partial charge in [0.15, 0.2) is 5.13 Å². The van der Waals surface area contributed by atoms with Crippen molar-refractivity contribution >= 4 is 32.7 Å². The number of carbonyl (C=O) groups is 1. The van der Waals surface area contributed by atoms with E-state index in [1.165, 1.54) is 11.3 Å². The van der Waals surface area contributed by atoms with Crippen LogP contribution in [0.4, 0.5) is 9.93 Å². The highest BCUT2D eigenvalue weighted by Crippen LogP contribution is 2.38. The third-order valence-corrected chi connectivity index (χ3v) is 5.74. The minimum Gasteiger partial charge on any atom is -0.494 e.